The maximum absolute atomic E-state index is 12.4. The van der Waals surface area contributed by atoms with Gasteiger partial charge in [-0.3, -0.25) is 0 Å². The third-order valence-electron chi connectivity index (χ3n) is 3.56. The van der Waals surface area contributed by atoms with E-state index in [4.69, 9.17) is 14.7 Å². The molecule has 6 nitrogen and oxygen atoms in total. The number of nitriles is 1. The molecule has 2 rings (SSSR count). The van der Waals surface area contributed by atoms with Gasteiger partial charge in [0.1, 0.15) is 5.75 Å². The summed E-state index contributed by atoms with van der Waals surface area (Å²) in [5.74, 6) is 0.554. The van der Waals surface area contributed by atoms with E-state index >= 15 is 0 Å². The van der Waals surface area contributed by atoms with Crippen LogP contribution in [0.15, 0.2) is 18.2 Å². The molecule has 1 N–H and O–H groups in total. The quantitative estimate of drug-likeness (QED) is 0.906. The third-order valence-corrected chi connectivity index (χ3v) is 3.56. The summed E-state index contributed by atoms with van der Waals surface area (Å²) >= 11 is 0. The summed E-state index contributed by atoms with van der Waals surface area (Å²) in [6.45, 7) is 5.13. The topological polar surface area (TPSA) is 74.6 Å². The van der Waals surface area contributed by atoms with Crippen molar-refractivity contribution < 1.29 is 14.3 Å². The number of benzene rings is 1. The second-order valence-corrected chi connectivity index (χ2v) is 5.94. The lowest BCUT2D eigenvalue weighted by molar-refractivity contribution is 0.0894. The average Bonchev–Trinajstić information content (AvgIpc) is 3.01. The lowest BCUT2D eigenvalue weighted by Crippen LogP contribution is -2.37. The van der Waals surface area contributed by atoms with E-state index in [1.165, 1.54) is 0 Å². The minimum absolute atomic E-state index is 0.0248. The van der Waals surface area contributed by atoms with Gasteiger partial charge in [-0.2, -0.15) is 5.26 Å². The van der Waals surface area contributed by atoms with E-state index in [0.29, 0.717) is 23.5 Å². The van der Waals surface area contributed by atoms with E-state index in [-0.39, 0.29) is 18.2 Å². The Hall–Kier alpha value is -2.26. The Balaban J connectivity index is 2.07. The van der Waals surface area contributed by atoms with Crippen LogP contribution in [0.25, 0.3) is 0 Å². The van der Waals surface area contributed by atoms with Gasteiger partial charge in [-0.25, -0.2) is 4.79 Å². The molecule has 0 aliphatic carbocycles. The van der Waals surface area contributed by atoms with Crippen molar-refractivity contribution in [1.82, 2.24) is 4.90 Å². The summed E-state index contributed by atoms with van der Waals surface area (Å²) in [5, 5.41) is 11.9. The van der Waals surface area contributed by atoms with Crippen LogP contribution in [0.3, 0.4) is 0 Å². The van der Waals surface area contributed by atoms with Gasteiger partial charge in [0.25, 0.3) is 0 Å². The fraction of sp³-hybridized carbons (Fsp3) is 0.529. The summed E-state index contributed by atoms with van der Waals surface area (Å²) in [4.78, 5) is 14.0. The third kappa shape index (κ3) is 4.86. The first-order chi connectivity index (χ1) is 11.0. The monoisotopic (exact) mass is 317 g/mol. The van der Waals surface area contributed by atoms with Gasteiger partial charge in [0.2, 0.25) is 0 Å². The summed E-state index contributed by atoms with van der Waals surface area (Å²) in [6.07, 6.45) is 2.09. The maximum Gasteiger partial charge on any atom is 0.321 e. The highest BCUT2D eigenvalue weighted by Gasteiger charge is 2.21. The van der Waals surface area contributed by atoms with Crippen molar-refractivity contribution in [2.75, 3.05) is 25.5 Å². The standard InChI is InChI=1S/C17H23N3O3/c1-12(2)23-16-7-6-13(10-18)9-15(16)19-17(21)20(3)11-14-5-4-8-22-14/h6-7,9,12,14H,4-5,8,11H2,1-3H3,(H,19,21)/t14-/m0/s1. The van der Waals surface area contributed by atoms with Gasteiger partial charge in [-0.1, -0.05) is 0 Å². The van der Waals surface area contributed by atoms with Crippen LogP contribution < -0.4 is 10.1 Å². The van der Waals surface area contributed by atoms with Crippen molar-refractivity contribution >= 4 is 11.7 Å². The predicted octanol–water partition coefficient (Wildman–Crippen LogP) is 2.99. The maximum atomic E-state index is 12.4. The van der Waals surface area contributed by atoms with Gasteiger partial charge >= 0.3 is 6.03 Å². The van der Waals surface area contributed by atoms with Crippen LogP contribution in [0, 0.1) is 11.3 Å². The molecule has 23 heavy (non-hydrogen) atoms. The molecule has 0 saturated carbocycles. The molecule has 1 aromatic rings. The van der Waals surface area contributed by atoms with Crippen LogP contribution in [0.1, 0.15) is 32.3 Å². The van der Waals surface area contributed by atoms with Gasteiger partial charge in [-0.05, 0) is 44.9 Å². The lowest BCUT2D eigenvalue weighted by atomic mass is 10.2. The number of amides is 2. The normalized spacial score (nSPS) is 16.9. The molecular formula is C17H23N3O3. The van der Waals surface area contributed by atoms with Gasteiger partial charge in [0.05, 0.1) is 29.5 Å². The van der Waals surface area contributed by atoms with Crippen LogP contribution in [-0.4, -0.2) is 43.3 Å². The summed E-state index contributed by atoms with van der Waals surface area (Å²) in [7, 11) is 1.73. The van der Waals surface area contributed by atoms with Crippen molar-refractivity contribution in [3.8, 4) is 11.8 Å². The zero-order valence-electron chi connectivity index (χ0n) is 13.8. The summed E-state index contributed by atoms with van der Waals surface area (Å²) in [5.41, 5.74) is 0.972. The van der Waals surface area contributed by atoms with Gasteiger partial charge in [0, 0.05) is 20.2 Å². The molecule has 0 unspecified atom stereocenters. The zero-order chi connectivity index (χ0) is 16.8. The number of nitrogens with zero attached hydrogens (tertiary/aromatic N) is 2. The minimum atomic E-state index is -0.246. The molecule has 1 aliphatic rings. The molecule has 0 radical (unpaired) electrons. The summed E-state index contributed by atoms with van der Waals surface area (Å²) in [6, 6.07) is 6.82. The van der Waals surface area contributed by atoms with Crippen molar-refractivity contribution in [3.05, 3.63) is 23.8 Å². The predicted molar refractivity (Wildman–Crippen MR) is 87.5 cm³/mol. The Labute approximate surface area is 137 Å². The number of carbonyl (C=O) groups is 1. The largest absolute Gasteiger partial charge is 0.489 e. The van der Waals surface area contributed by atoms with E-state index in [0.717, 1.165) is 19.4 Å². The van der Waals surface area contributed by atoms with E-state index < -0.39 is 0 Å². The molecule has 1 heterocycles. The van der Waals surface area contributed by atoms with Crippen LogP contribution >= 0.6 is 0 Å². The number of nitrogens with one attached hydrogen (secondary N) is 1. The van der Waals surface area contributed by atoms with Crippen LogP contribution in [0.4, 0.5) is 10.5 Å². The van der Waals surface area contributed by atoms with Crippen molar-refractivity contribution in [2.24, 2.45) is 0 Å². The van der Waals surface area contributed by atoms with E-state index in [1.807, 2.05) is 13.8 Å². The molecule has 1 fully saturated rings. The molecule has 0 aromatic heterocycles. The first-order valence-corrected chi connectivity index (χ1v) is 7.84. The number of carbonyl (C=O) groups excluding carboxylic acids is 1. The fourth-order valence-corrected chi connectivity index (χ4v) is 2.44. The van der Waals surface area contributed by atoms with E-state index in [1.54, 1.807) is 30.1 Å². The fourth-order valence-electron chi connectivity index (χ4n) is 2.44. The van der Waals surface area contributed by atoms with E-state index in [2.05, 4.69) is 11.4 Å². The van der Waals surface area contributed by atoms with Gasteiger partial charge < -0.3 is 19.7 Å². The number of urea groups is 1. The number of hydrogen-bond donors (Lipinski definition) is 1. The van der Waals surface area contributed by atoms with Crippen LogP contribution in [0.2, 0.25) is 0 Å². The van der Waals surface area contributed by atoms with Crippen molar-refractivity contribution in [2.45, 2.75) is 38.9 Å². The van der Waals surface area contributed by atoms with Crippen LogP contribution in [0.5, 0.6) is 5.75 Å². The number of anilines is 1. The SMILES string of the molecule is CC(C)Oc1ccc(C#N)cc1NC(=O)N(C)C[C@@H]1CCCO1. The molecule has 124 valence electrons. The van der Waals surface area contributed by atoms with Gasteiger partial charge in [0.15, 0.2) is 0 Å². The minimum Gasteiger partial charge on any atom is -0.489 e. The number of ether oxygens (including phenoxy) is 2. The Morgan fingerprint density at radius 3 is 2.96 bits per heavy atom. The number of hydrogen-bond acceptors (Lipinski definition) is 4. The summed E-state index contributed by atoms with van der Waals surface area (Å²) < 4.78 is 11.2. The molecule has 1 aliphatic heterocycles. The molecule has 0 spiro atoms. The Kier molecular flexibility index (Phi) is 5.83. The molecular weight excluding hydrogens is 294 g/mol. The zero-order valence-corrected chi connectivity index (χ0v) is 13.8. The molecule has 2 amide bonds. The smallest absolute Gasteiger partial charge is 0.321 e. The van der Waals surface area contributed by atoms with Gasteiger partial charge in [-0.15, -0.1) is 0 Å². The molecule has 1 aromatic carbocycles. The first-order valence-electron chi connectivity index (χ1n) is 7.84. The molecule has 6 heteroatoms. The molecule has 1 saturated heterocycles. The highest BCUT2D eigenvalue weighted by Crippen LogP contribution is 2.27. The number of likely N-dealkylation sites (N-methyl/N-ethyl adjacent to an activating group) is 1. The Morgan fingerprint density at radius 1 is 1.57 bits per heavy atom. The van der Waals surface area contributed by atoms with Crippen molar-refractivity contribution in [1.29, 1.82) is 5.26 Å². The van der Waals surface area contributed by atoms with E-state index in [9.17, 15) is 4.79 Å². The second kappa shape index (κ2) is 7.84. The van der Waals surface area contributed by atoms with Crippen LogP contribution in [-0.2, 0) is 4.74 Å². The average molecular weight is 317 g/mol. The Bertz CT molecular complexity index is 589. The second-order valence-electron chi connectivity index (χ2n) is 5.94. The lowest BCUT2D eigenvalue weighted by Gasteiger charge is -2.22. The first kappa shape index (κ1) is 17.1. The molecule has 1 atom stereocenters. The molecule has 0 bridgehead atoms. The van der Waals surface area contributed by atoms with Crippen molar-refractivity contribution in [3.63, 3.8) is 0 Å². The highest BCUT2D eigenvalue weighted by atomic mass is 16.5. The highest BCUT2D eigenvalue weighted by molar-refractivity contribution is 5.91. The Morgan fingerprint density at radius 2 is 2.35 bits per heavy atom. The number of rotatable bonds is 5.